The molecule has 0 aliphatic carbocycles. The van der Waals surface area contributed by atoms with Crippen molar-refractivity contribution in [3.63, 3.8) is 0 Å². The van der Waals surface area contributed by atoms with Crippen molar-refractivity contribution in [1.82, 2.24) is 15.5 Å². The summed E-state index contributed by atoms with van der Waals surface area (Å²) in [5.41, 5.74) is -0.575. The molecule has 2 atom stereocenters. The number of alkyl carbamates (subject to hydrolysis) is 1. The number of phenols is 1. The van der Waals surface area contributed by atoms with Crippen LogP contribution in [0, 0.1) is 0 Å². The highest BCUT2D eigenvalue weighted by atomic mass is 16.6. The SMILES string of the molecule is CCCCCCN(C(=O)CNC(=O)OC(C)(C)C)C(C(=O)NC(Cc1ccccc1)C(=O)OC(C)(C)C)c1ccccc1O. The lowest BCUT2D eigenvalue weighted by Crippen LogP contribution is -2.52. The van der Waals surface area contributed by atoms with E-state index in [0.717, 1.165) is 24.8 Å². The normalized spacial score (nSPS) is 12.9. The number of phenolic OH excluding ortho intramolecular Hbond substituents is 1. The van der Waals surface area contributed by atoms with Crippen molar-refractivity contribution in [2.75, 3.05) is 13.1 Å². The number of hydrogen-bond acceptors (Lipinski definition) is 7. The largest absolute Gasteiger partial charge is 0.508 e. The minimum atomic E-state index is -1.30. The number of para-hydroxylation sites is 1. The predicted octanol–water partition coefficient (Wildman–Crippen LogP) is 5.44. The Hall–Kier alpha value is -4.08. The molecule has 0 aliphatic rings. The van der Waals surface area contributed by atoms with E-state index in [0.29, 0.717) is 6.42 Å². The average molecular weight is 612 g/mol. The number of amides is 3. The van der Waals surface area contributed by atoms with E-state index in [-0.39, 0.29) is 24.3 Å². The highest BCUT2D eigenvalue weighted by Gasteiger charge is 2.36. The molecule has 0 fully saturated rings. The highest BCUT2D eigenvalue weighted by molar-refractivity contribution is 5.93. The smallest absolute Gasteiger partial charge is 0.408 e. The molecule has 2 unspecified atom stereocenters. The molecule has 242 valence electrons. The van der Waals surface area contributed by atoms with Gasteiger partial charge in [-0.3, -0.25) is 9.59 Å². The van der Waals surface area contributed by atoms with Crippen LogP contribution < -0.4 is 10.6 Å². The summed E-state index contributed by atoms with van der Waals surface area (Å²) < 4.78 is 10.9. The first kappa shape index (κ1) is 36.1. The van der Waals surface area contributed by atoms with Gasteiger partial charge in [0.25, 0.3) is 0 Å². The molecule has 10 heteroatoms. The Morgan fingerprint density at radius 3 is 2.05 bits per heavy atom. The van der Waals surface area contributed by atoms with Crippen LogP contribution in [0.1, 0.15) is 91.3 Å². The standard InChI is InChI=1S/C34H49N3O7/c1-8-9-10-16-21-37(28(39)23-35-32(42)44-34(5,6)7)29(25-19-14-15-20-27(25)38)30(40)36-26(31(41)43-33(2,3)4)22-24-17-12-11-13-18-24/h11-15,17-20,26,29,38H,8-10,16,21-23H2,1-7H3,(H,35,42)(H,36,40). The zero-order valence-electron chi connectivity index (χ0n) is 27.1. The lowest BCUT2D eigenvalue weighted by Gasteiger charge is -2.33. The number of carbonyl (C=O) groups is 4. The third-order valence-corrected chi connectivity index (χ3v) is 6.44. The molecule has 10 nitrogen and oxygen atoms in total. The Kier molecular flexibility index (Phi) is 13.7. The Labute approximate surface area is 261 Å². The van der Waals surface area contributed by atoms with Crippen LogP contribution in [-0.2, 0) is 30.3 Å². The van der Waals surface area contributed by atoms with Gasteiger partial charge in [0.05, 0.1) is 0 Å². The summed E-state index contributed by atoms with van der Waals surface area (Å²) in [4.78, 5) is 54.9. The van der Waals surface area contributed by atoms with Gasteiger partial charge in [0.1, 0.15) is 35.6 Å². The Balaban J connectivity index is 2.48. The van der Waals surface area contributed by atoms with E-state index < -0.39 is 53.7 Å². The number of hydrogen-bond donors (Lipinski definition) is 3. The molecule has 0 bridgehead atoms. The fourth-order valence-corrected chi connectivity index (χ4v) is 4.51. The summed E-state index contributed by atoms with van der Waals surface area (Å²) in [5, 5.41) is 16.1. The average Bonchev–Trinajstić information content (AvgIpc) is 2.92. The Morgan fingerprint density at radius 1 is 0.841 bits per heavy atom. The second-order valence-electron chi connectivity index (χ2n) is 12.7. The molecule has 0 saturated carbocycles. The topological polar surface area (TPSA) is 134 Å². The van der Waals surface area contributed by atoms with Gasteiger partial charge in [-0.05, 0) is 59.6 Å². The van der Waals surface area contributed by atoms with Crippen LogP contribution >= 0.6 is 0 Å². The van der Waals surface area contributed by atoms with E-state index >= 15 is 0 Å². The second kappa shape index (κ2) is 16.7. The second-order valence-corrected chi connectivity index (χ2v) is 12.7. The molecule has 2 aromatic carbocycles. The summed E-state index contributed by atoms with van der Waals surface area (Å²) in [6, 6.07) is 13.1. The molecule has 0 aromatic heterocycles. The zero-order chi connectivity index (χ0) is 32.9. The fraction of sp³-hybridized carbons (Fsp3) is 0.529. The number of carbonyl (C=O) groups excluding carboxylic acids is 4. The van der Waals surface area contributed by atoms with Gasteiger partial charge in [0.2, 0.25) is 11.8 Å². The molecule has 0 radical (unpaired) electrons. The maximum atomic E-state index is 14.2. The van der Waals surface area contributed by atoms with Gasteiger partial charge >= 0.3 is 12.1 Å². The molecular weight excluding hydrogens is 562 g/mol. The molecule has 2 rings (SSSR count). The summed E-state index contributed by atoms with van der Waals surface area (Å²) in [6.07, 6.45) is 2.68. The Morgan fingerprint density at radius 2 is 1.45 bits per heavy atom. The summed E-state index contributed by atoms with van der Waals surface area (Å²) in [7, 11) is 0. The van der Waals surface area contributed by atoms with E-state index in [1.54, 1.807) is 59.7 Å². The quantitative estimate of drug-likeness (QED) is 0.191. The molecule has 0 spiro atoms. The molecular formula is C34H49N3O7. The van der Waals surface area contributed by atoms with E-state index in [1.807, 2.05) is 30.3 Å². The number of aromatic hydroxyl groups is 1. The van der Waals surface area contributed by atoms with Crippen molar-refractivity contribution >= 4 is 23.9 Å². The maximum absolute atomic E-state index is 14.2. The van der Waals surface area contributed by atoms with Crippen LogP contribution in [0.5, 0.6) is 5.75 Å². The summed E-state index contributed by atoms with van der Waals surface area (Å²) in [6.45, 7) is 12.2. The van der Waals surface area contributed by atoms with Crippen LogP contribution in [0.25, 0.3) is 0 Å². The Bertz CT molecular complexity index is 1240. The molecule has 3 amide bonds. The number of rotatable bonds is 14. The van der Waals surface area contributed by atoms with Gasteiger partial charge in [-0.15, -0.1) is 0 Å². The van der Waals surface area contributed by atoms with Crippen molar-refractivity contribution < 1.29 is 33.8 Å². The molecule has 44 heavy (non-hydrogen) atoms. The molecule has 0 heterocycles. The van der Waals surface area contributed by atoms with Gasteiger partial charge in [0, 0.05) is 18.5 Å². The molecule has 0 saturated heterocycles. The van der Waals surface area contributed by atoms with Crippen molar-refractivity contribution in [3.05, 3.63) is 65.7 Å². The van der Waals surface area contributed by atoms with Crippen LogP contribution in [0.15, 0.2) is 54.6 Å². The number of nitrogens with one attached hydrogen (secondary N) is 2. The van der Waals surface area contributed by atoms with Crippen molar-refractivity contribution in [3.8, 4) is 5.75 Å². The number of esters is 1. The van der Waals surface area contributed by atoms with Gasteiger partial charge in [-0.1, -0.05) is 74.7 Å². The van der Waals surface area contributed by atoms with Crippen LogP contribution in [0.2, 0.25) is 0 Å². The lowest BCUT2D eigenvalue weighted by atomic mass is 10.00. The molecule has 0 aliphatic heterocycles. The maximum Gasteiger partial charge on any atom is 0.408 e. The first-order valence-corrected chi connectivity index (χ1v) is 15.2. The lowest BCUT2D eigenvalue weighted by molar-refractivity contribution is -0.159. The fourth-order valence-electron chi connectivity index (χ4n) is 4.51. The number of unbranched alkanes of at least 4 members (excludes halogenated alkanes) is 3. The minimum absolute atomic E-state index is 0.152. The van der Waals surface area contributed by atoms with Gasteiger partial charge < -0.3 is 30.1 Å². The molecule has 3 N–H and O–H groups in total. The minimum Gasteiger partial charge on any atom is -0.508 e. The highest BCUT2D eigenvalue weighted by Crippen LogP contribution is 2.30. The first-order valence-electron chi connectivity index (χ1n) is 15.2. The zero-order valence-corrected chi connectivity index (χ0v) is 27.1. The van der Waals surface area contributed by atoms with Gasteiger partial charge in [-0.2, -0.15) is 0 Å². The van der Waals surface area contributed by atoms with Crippen molar-refractivity contribution in [1.29, 1.82) is 0 Å². The van der Waals surface area contributed by atoms with Gasteiger partial charge in [0.15, 0.2) is 0 Å². The third kappa shape index (κ3) is 12.7. The summed E-state index contributed by atoms with van der Waals surface area (Å²) in [5.74, 6) is -2.03. The van der Waals surface area contributed by atoms with Crippen LogP contribution in [0.3, 0.4) is 0 Å². The van der Waals surface area contributed by atoms with Gasteiger partial charge in [-0.25, -0.2) is 9.59 Å². The number of nitrogens with zero attached hydrogens (tertiary/aromatic N) is 1. The molecule has 2 aromatic rings. The monoisotopic (exact) mass is 611 g/mol. The van der Waals surface area contributed by atoms with E-state index in [9.17, 15) is 24.3 Å². The van der Waals surface area contributed by atoms with E-state index in [2.05, 4.69) is 17.6 Å². The van der Waals surface area contributed by atoms with Crippen LogP contribution in [0.4, 0.5) is 4.79 Å². The van der Waals surface area contributed by atoms with E-state index in [1.165, 1.54) is 11.0 Å². The van der Waals surface area contributed by atoms with Crippen molar-refractivity contribution in [2.24, 2.45) is 0 Å². The third-order valence-electron chi connectivity index (χ3n) is 6.44. The first-order chi connectivity index (χ1) is 20.6. The van der Waals surface area contributed by atoms with Crippen molar-refractivity contribution in [2.45, 2.75) is 104 Å². The number of ether oxygens (including phenoxy) is 2. The van der Waals surface area contributed by atoms with E-state index in [4.69, 9.17) is 9.47 Å². The predicted molar refractivity (Wildman–Crippen MR) is 169 cm³/mol. The summed E-state index contributed by atoms with van der Waals surface area (Å²) >= 11 is 0. The van der Waals surface area contributed by atoms with Crippen LogP contribution in [-0.4, -0.2) is 64.2 Å². The number of benzene rings is 2.